The summed E-state index contributed by atoms with van der Waals surface area (Å²) in [4.78, 5) is 29.3. The lowest BCUT2D eigenvalue weighted by molar-refractivity contribution is -0.300. The molecule has 14 heteroatoms. The van der Waals surface area contributed by atoms with Gasteiger partial charge in [-0.05, 0) is 62.3 Å². The summed E-state index contributed by atoms with van der Waals surface area (Å²) in [5.74, 6) is -2.78. The van der Waals surface area contributed by atoms with Crippen LogP contribution in [-0.4, -0.2) is 140 Å². The lowest BCUT2D eigenvalue weighted by atomic mass is 9.71. The highest BCUT2D eigenvalue weighted by molar-refractivity contribution is 5.78. The molecule has 350 valence electrons. The van der Waals surface area contributed by atoms with Crippen LogP contribution in [0.4, 0.5) is 0 Å². The van der Waals surface area contributed by atoms with Crippen molar-refractivity contribution >= 4 is 11.9 Å². The molecule has 0 amide bonds. The Morgan fingerprint density at radius 2 is 1.86 bits per heavy atom. The summed E-state index contributed by atoms with van der Waals surface area (Å²) in [6.07, 6.45) is 14.8. The quantitative estimate of drug-likeness (QED) is 0.160. The van der Waals surface area contributed by atoms with Crippen LogP contribution in [0.1, 0.15) is 80.6 Å². The van der Waals surface area contributed by atoms with Crippen LogP contribution in [0, 0.1) is 29.6 Å². The summed E-state index contributed by atoms with van der Waals surface area (Å²) >= 11 is 0. The van der Waals surface area contributed by atoms with Gasteiger partial charge in [-0.3, -0.25) is 14.5 Å². The van der Waals surface area contributed by atoms with Gasteiger partial charge in [0.15, 0.2) is 11.9 Å². The molecular formula is C49H72N2O12. The SMILES string of the molecule is CCC(C)[C@H]1OC2(C=C[C@@H]1C)C[C@@H]1CC(C/C=C(\C)C(/C=C/OC3CC(OC)C(OC(=O)CN4CCNCC4)C(C)O3)[C@@H](C)/C=C/C=C3\CO[C@@H]4[C@H](O)C(C)=CC(C(=O)O1)[C@]34O)O2. The second-order valence-electron chi connectivity index (χ2n) is 19.0. The second kappa shape index (κ2) is 20.6. The molecular weight excluding hydrogens is 809 g/mol. The molecule has 3 N–H and O–H groups in total. The number of allylic oxidation sites excluding steroid dienone is 5. The number of aliphatic hydroxyl groups is 2. The molecule has 63 heavy (non-hydrogen) atoms. The molecule has 0 radical (unpaired) electrons. The molecule has 14 nitrogen and oxygen atoms in total. The fraction of sp³-hybridized carbons (Fsp3) is 0.714. The maximum atomic E-state index is 14.3. The Labute approximate surface area is 373 Å². The Hall–Kier alpha value is -3.18. The number of hydrogen-bond acceptors (Lipinski definition) is 14. The van der Waals surface area contributed by atoms with E-state index in [-0.39, 0.29) is 55.0 Å². The van der Waals surface area contributed by atoms with Gasteiger partial charge < -0.3 is 53.4 Å². The Morgan fingerprint density at radius 1 is 1.08 bits per heavy atom. The number of fused-ring (bicyclic) bond motifs is 2. The normalized spacial score (nSPS) is 44.1. The van der Waals surface area contributed by atoms with Gasteiger partial charge in [-0.25, -0.2) is 0 Å². The summed E-state index contributed by atoms with van der Waals surface area (Å²) in [6.45, 7) is 17.9. The van der Waals surface area contributed by atoms with Gasteiger partial charge in [0.2, 0.25) is 6.29 Å². The minimum Gasteiger partial charge on any atom is -0.473 e. The third kappa shape index (κ3) is 10.6. The predicted octanol–water partition coefficient (Wildman–Crippen LogP) is 5.06. The van der Waals surface area contributed by atoms with E-state index < -0.39 is 66.2 Å². The van der Waals surface area contributed by atoms with E-state index in [9.17, 15) is 19.8 Å². The fourth-order valence-corrected chi connectivity index (χ4v) is 10.5. The number of piperazine rings is 1. The standard InChI is InChI=1S/C49H72N2O12/c1-9-29(2)44-32(5)15-17-48(63-44)26-37-24-36(62-48)14-13-31(4)38(30(3)11-10-12-35-28-58-46-43(53)33(6)23-39(47(54)60-37)49(35,46)55)16-22-57-42-25-40(56-8)45(34(7)59-42)61-41(52)27-51-20-18-50-19-21-51/h10-13,15-17,22-23,29-30,32,34,36-40,42-46,50,53,55H,9,14,18-21,24-28H2,1-8H3/b11-10+,22-16+,31-13+,35-12+/t29?,30-,32-,34?,36?,37-,38?,39?,40?,42?,43+,44+,45?,46+,48?,49+/m0/s1. The van der Waals surface area contributed by atoms with Crippen molar-refractivity contribution < 1.29 is 57.7 Å². The van der Waals surface area contributed by atoms with E-state index >= 15 is 0 Å². The first-order chi connectivity index (χ1) is 30.1. The highest BCUT2D eigenvalue weighted by atomic mass is 16.7. The Bertz CT molecular complexity index is 1800. The summed E-state index contributed by atoms with van der Waals surface area (Å²) in [5.41, 5.74) is 0.302. The van der Waals surface area contributed by atoms with Gasteiger partial charge in [-0.1, -0.05) is 76.1 Å². The molecule has 7 rings (SSSR count). The zero-order valence-electron chi connectivity index (χ0n) is 38.5. The molecule has 4 fully saturated rings. The van der Waals surface area contributed by atoms with Crippen LogP contribution >= 0.6 is 0 Å². The number of nitrogens with zero attached hydrogens (tertiary/aromatic N) is 1. The monoisotopic (exact) mass is 881 g/mol. The summed E-state index contributed by atoms with van der Waals surface area (Å²) in [7, 11) is 1.61. The smallest absolute Gasteiger partial charge is 0.320 e. The van der Waals surface area contributed by atoms with Gasteiger partial charge in [-0.15, -0.1) is 0 Å². The maximum absolute atomic E-state index is 14.3. The Kier molecular flexibility index (Phi) is 15.6. The van der Waals surface area contributed by atoms with Crippen molar-refractivity contribution in [3.8, 4) is 0 Å². The molecule has 0 aromatic heterocycles. The molecule has 6 heterocycles. The number of esters is 2. The van der Waals surface area contributed by atoms with E-state index in [1.165, 1.54) is 0 Å². The summed E-state index contributed by atoms with van der Waals surface area (Å²) < 4.78 is 50.4. The number of aliphatic hydroxyl groups excluding tert-OH is 1. The minimum atomic E-state index is -1.82. The number of methoxy groups -OCH3 is 1. The number of carbonyl (C=O) groups excluding carboxylic acids is 2. The van der Waals surface area contributed by atoms with Crippen molar-refractivity contribution in [2.75, 3.05) is 46.4 Å². The zero-order valence-corrected chi connectivity index (χ0v) is 38.5. The fourth-order valence-electron chi connectivity index (χ4n) is 10.5. The maximum Gasteiger partial charge on any atom is 0.320 e. The van der Waals surface area contributed by atoms with E-state index in [2.05, 4.69) is 57.0 Å². The summed E-state index contributed by atoms with van der Waals surface area (Å²) in [5, 5.41) is 27.0. The van der Waals surface area contributed by atoms with Gasteiger partial charge in [-0.2, -0.15) is 0 Å². The number of carbonyl (C=O) groups is 2. The molecule has 0 aromatic rings. The molecule has 4 saturated heterocycles. The highest BCUT2D eigenvalue weighted by Gasteiger charge is 2.60. The zero-order chi connectivity index (χ0) is 45.1. The van der Waals surface area contributed by atoms with Crippen LogP contribution < -0.4 is 5.32 Å². The van der Waals surface area contributed by atoms with Crippen LogP contribution in [0.5, 0.6) is 0 Å². The van der Waals surface area contributed by atoms with Gasteiger partial charge in [0.1, 0.15) is 35.9 Å². The van der Waals surface area contributed by atoms with Crippen LogP contribution in [0.3, 0.4) is 0 Å². The molecule has 1 spiro atoms. The van der Waals surface area contributed by atoms with E-state index in [4.69, 9.17) is 37.9 Å². The van der Waals surface area contributed by atoms with Crippen LogP contribution in [-0.2, 0) is 47.5 Å². The molecule has 9 unspecified atom stereocenters. The van der Waals surface area contributed by atoms with Gasteiger partial charge in [0.25, 0.3) is 0 Å². The van der Waals surface area contributed by atoms with Gasteiger partial charge in [0, 0.05) is 64.4 Å². The van der Waals surface area contributed by atoms with Gasteiger partial charge >= 0.3 is 11.9 Å². The van der Waals surface area contributed by atoms with Crippen LogP contribution in [0.2, 0.25) is 0 Å². The molecule has 0 saturated carbocycles. The Morgan fingerprint density at radius 3 is 2.60 bits per heavy atom. The first kappa shape index (κ1) is 47.8. The first-order valence-electron chi connectivity index (χ1n) is 23.3. The Balaban J connectivity index is 1.13. The lowest BCUT2D eigenvalue weighted by Crippen LogP contribution is -2.58. The van der Waals surface area contributed by atoms with Crippen molar-refractivity contribution in [1.82, 2.24) is 10.2 Å². The largest absolute Gasteiger partial charge is 0.473 e. The first-order valence-corrected chi connectivity index (χ1v) is 23.3. The molecule has 2 bridgehead atoms. The van der Waals surface area contributed by atoms with E-state index in [1.807, 2.05) is 31.2 Å². The molecule has 0 aromatic carbocycles. The average molecular weight is 881 g/mol. The third-order valence-corrected chi connectivity index (χ3v) is 14.5. The minimum absolute atomic E-state index is 0.0483. The molecule has 6 aliphatic heterocycles. The third-order valence-electron chi connectivity index (χ3n) is 14.5. The number of ether oxygens (including phenoxy) is 8. The number of hydrogen-bond donors (Lipinski definition) is 3. The van der Waals surface area contributed by atoms with E-state index in [1.54, 1.807) is 32.4 Å². The van der Waals surface area contributed by atoms with Crippen molar-refractivity contribution in [2.45, 2.75) is 147 Å². The van der Waals surface area contributed by atoms with Gasteiger partial charge in [0.05, 0.1) is 37.7 Å². The van der Waals surface area contributed by atoms with Crippen molar-refractivity contribution in [2.24, 2.45) is 29.6 Å². The van der Waals surface area contributed by atoms with E-state index in [0.29, 0.717) is 36.8 Å². The average Bonchev–Trinajstić information content (AvgIpc) is 3.60. The number of rotatable bonds is 9. The van der Waals surface area contributed by atoms with Crippen molar-refractivity contribution in [1.29, 1.82) is 0 Å². The van der Waals surface area contributed by atoms with Crippen LogP contribution in [0.25, 0.3) is 0 Å². The molecule has 16 atom stereocenters. The van der Waals surface area contributed by atoms with Crippen molar-refractivity contribution in [3.05, 3.63) is 71.6 Å². The second-order valence-corrected chi connectivity index (χ2v) is 19.0. The summed E-state index contributed by atoms with van der Waals surface area (Å²) in [6, 6.07) is 0. The van der Waals surface area contributed by atoms with E-state index in [0.717, 1.165) is 38.2 Å². The lowest BCUT2D eigenvalue weighted by Gasteiger charge is -2.48. The highest BCUT2D eigenvalue weighted by Crippen LogP contribution is 2.47. The van der Waals surface area contributed by atoms with Crippen LogP contribution in [0.15, 0.2) is 71.6 Å². The predicted molar refractivity (Wildman–Crippen MR) is 235 cm³/mol. The number of nitrogens with one attached hydrogen (secondary N) is 1. The topological polar surface area (TPSA) is 164 Å². The van der Waals surface area contributed by atoms with Crippen molar-refractivity contribution in [3.63, 3.8) is 0 Å². The molecule has 1 aliphatic carbocycles. The molecule has 7 aliphatic rings.